The SMILES string of the molecule is CCCCC/C=C\C/C=C\CCCCCCCCC(CCCCCCCC/C=C\C/C=C\CCCCC)CC(=O)CCCCCN(C)C. The highest BCUT2D eigenvalue weighted by Crippen LogP contribution is 2.24. The van der Waals surface area contributed by atoms with Crippen molar-refractivity contribution in [3.8, 4) is 0 Å². The third-order valence-electron chi connectivity index (χ3n) is 9.70. The number of carbonyl (C=O) groups excluding carboxylic acids is 1. The first-order valence-corrected chi connectivity index (χ1v) is 21.4. The van der Waals surface area contributed by atoms with Gasteiger partial charge in [-0.05, 0) is 104 Å². The topological polar surface area (TPSA) is 20.3 Å². The van der Waals surface area contributed by atoms with E-state index in [4.69, 9.17) is 0 Å². The van der Waals surface area contributed by atoms with Gasteiger partial charge in [-0.2, -0.15) is 0 Å². The molecule has 0 N–H and O–H groups in total. The van der Waals surface area contributed by atoms with Crippen LogP contribution < -0.4 is 0 Å². The number of allylic oxidation sites excluding steroid dienone is 8. The van der Waals surface area contributed by atoms with Crippen LogP contribution in [-0.2, 0) is 4.79 Å². The van der Waals surface area contributed by atoms with Gasteiger partial charge in [0.1, 0.15) is 5.78 Å². The minimum Gasteiger partial charge on any atom is -0.309 e. The zero-order chi connectivity index (χ0) is 35.0. The third kappa shape index (κ3) is 39.0. The van der Waals surface area contributed by atoms with Crippen LogP contribution in [0.25, 0.3) is 0 Å². The Bertz CT molecular complexity index is 712. The van der Waals surface area contributed by atoms with Crippen molar-refractivity contribution >= 4 is 5.78 Å². The zero-order valence-corrected chi connectivity index (χ0v) is 33.2. The predicted molar refractivity (Wildman–Crippen MR) is 218 cm³/mol. The minimum absolute atomic E-state index is 0.532. The molecule has 2 nitrogen and oxygen atoms in total. The lowest BCUT2D eigenvalue weighted by Gasteiger charge is -2.16. The van der Waals surface area contributed by atoms with Crippen LogP contribution >= 0.6 is 0 Å². The highest BCUT2D eigenvalue weighted by molar-refractivity contribution is 5.78. The number of rotatable bonds is 38. The lowest BCUT2D eigenvalue weighted by Crippen LogP contribution is -2.13. The highest BCUT2D eigenvalue weighted by atomic mass is 16.1. The fourth-order valence-corrected chi connectivity index (χ4v) is 6.54. The van der Waals surface area contributed by atoms with E-state index in [-0.39, 0.29) is 0 Å². The maximum absolute atomic E-state index is 12.9. The normalized spacial score (nSPS) is 12.5. The second kappa shape index (κ2) is 40.0. The van der Waals surface area contributed by atoms with Crippen LogP contribution in [0.3, 0.4) is 0 Å². The Kier molecular flexibility index (Phi) is 38.8. The summed E-state index contributed by atoms with van der Waals surface area (Å²) in [4.78, 5) is 15.1. The summed E-state index contributed by atoms with van der Waals surface area (Å²) < 4.78 is 0. The standard InChI is InChI=1S/C46H85NO/c1-5-7-9-11-13-15-17-19-21-23-25-27-29-31-33-36-40-45(44-46(48)42-38-35-39-43-47(3)4)41-37-34-32-30-28-26-24-22-20-18-16-14-12-10-8-6-2/h13-16,19-22,45H,5-12,17-18,23-44H2,1-4H3/b15-13-,16-14-,21-19-,22-20-. The molecule has 0 atom stereocenters. The van der Waals surface area contributed by atoms with Crippen LogP contribution in [0.15, 0.2) is 48.6 Å². The molecule has 0 heterocycles. The second-order valence-electron chi connectivity index (χ2n) is 15.0. The van der Waals surface area contributed by atoms with Crippen molar-refractivity contribution in [2.75, 3.05) is 20.6 Å². The summed E-state index contributed by atoms with van der Waals surface area (Å²) in [7, 11) is 4.27. The van der Waals surface area contributed by atoms with E-state index < -0.39 is 0 Å². The molecule has 0 amide bonds. The molecule has 0 aromatic carbocycles. The summed E-state index contributed by atoms with van der Waals surface area (Å²) in [5.41, 5.74) is 0. The number of hydrogen-bond acceptors (Lipinski definition) is 2. The number of Topliss-reactive ketones (excluding diaryl/α,β-unsaturated/α-hetero) is 1. The molecule has 2 heteroatoms. The van der Waals surface area contributed by atoms with Crippen molar-refractivity contribution in [1.82, 2.24) is 4.90 Å². The average Bonchev–Trinajstić information content (AvgIpc) is 3.07. The highest BCUT2D eigenvalue weighted by Gasteiger charge is 2.14. The number of carbonyl (C=O) groups is 1. The van der Waals surface area contributed by atoms with Crippen LogP contribution in [0.2, 0.25) is 0 Å². The first-order valence-electron chi connectivity index (χ1n) is 21.4. The Morgan fingerprint density at radius 3 is 1.25 bits per heavy atom. The van der Waals surface area contributed by atoms with Crippen LogP contribution in [0.5, 0.6) is 0 Å². The van der Waals surface area contributed by atoms with Crippen LogP contribution in [0.1, 0.15) is 213 Å². The molecule has 0 fully saturated rings. The molecule has 0 radical (unpaired) electrons. The summed E-state index contributed by atoms with van der Waals surface area (Å²) in [6.45, 7) is 5.67. The van der Waals surface area contributed by atoms with E-state index in [1.54, 1.807) is 0 Å². The Labute approximate surface area is 302 Å². The minimum atomic E-state index is 0.532. The first-order chi connectivity index (χ1) is 23.6. The largest absolute Gasteiger partial charge is 0.309 e. The molecule has 0 bridgehead atoms. The molecule has 0 aliphatic rings. The number of unbranched alkanes of at least 4 members (excludes halogenated alkanes) is 20. The Balaban J connectivity index is 4.10. The fraction of sp³-hybridized carbons (Fsp3) is 0.804. The van der Waals surface area contributed by atoms with Crippen molar-refractivity contribution in [2.24, 2.45) is 5.92 Å². The molecular weight excluding hydrogens is 583 g/mol. The fourth-order valence-electron chi connectivity index (χ4n) is 6.54. The molecular formula is C46H85NO. The number of hydrogen-bond donors (Lipinski definition) is 0. The lowest BCUT2D eigenvalue weighted by atomic mass is 9.89. The van der Waals surface area contributed by atoms with E-state index >= 15 is 0 Å². The maximum atomic E-state index is 12.9. The Morgan fingerprint density at radius 2 is 0.833 bits per heavy atom. The molecule has 280 valence electrons. The first kappa shape index (κ1) is 46.6. The Morgan fingerprint density at radius 1 is 0.458 bits per heavy atom. The van der Waals surface area contributed by atoms with Gasteiger partial charge in [-0.25, -0.2) is 0 Å². The predicted octanol–water partition coefficient (Wildman–Crippen LogP) is 15.1. The van der Waals surface area contributed by atoms with Gasteiger partial charge in [0, 0.05) is 12.8 Å². The average molecular weight is 668 g/mol. The molecule has 0 aromatic rings. The number of ketones is 1. The van der Waals surface area contributed by atoms with Crippen molar-refractivity contribution in [1.29, 1.82) is 0 Å². The third-order valence-corrected chi connectivity index (χ3v) is 9.70. The Hall–Kier alpha value is -1.41. The molecule has 0 unspecified atom stereocenters. The molecule has 0 saturated heterocycles. The van der Waals surface area contributed by atoms with Crippen LogP contribution in [-0.4, -0.2) is 31.3 Å². The van der Waals surface area contributed by atoms with Crippen LogP contribution in [0, 0.1) is 5.92 Å². The summed E-state index contributed by atoms with van der Waals surface area (Å²) in [6.07, 6.45) is 57.8. The van der Waals surface area contributed by atoms with Gasteiger partial charge in [0.2, 0.25) is 0 Å². The molecule has 48 heavy (non-hydrogen) atoms. The van der Waals surface area contributed by atoms with Gasteiger partial charge < -0.3 is 4.90 Å². The maximum Gasteiger partial charge on any atom is 0.133 e. The molecule has 0 aliphatic carbocycles. The van der Waals surface area contributed by atoms with E-state index in [0.717, 1.165) is 38.6 Å². The summed E-state index contributed by atoms with van der Waals surface area (Å²) >= 11 is 0. The van der Waals surface area contributed by atoms with Gasteiger partial charge in [0.25, 0.3) is 0 Å². The summed E-state index contributed by atoms with van der Waals surface area (Å²) in [5, 5.41) is 0. The van der Waals surface area contributed by atoms with Gasteiger partial charge in [-0.3, -0.25) is 4.79 Å². The second-order valence-corrected chi connectivity index (χ2v) is 15.0. The molecule has 0 rings (SSSR count). The van der Waals surface area contributed by atoms with Gasteiger partial charge in [0.15, 0.2) is 0 Å². The quantitative estimate of drug-likeness (QED) is 0.0482. The molecule has 0 aliphatic heterocycles. The number of nitrogens with zero attached hydrogens (tertiary/aromatic N) is 1. The monoisotopic (exact) mass is 668 g/mol. The van der Waals surface area contributed by atoms with Crippen LogP contribution in [0.4, 0.5) is 0 Å². The summed E-state index contributed by atoms with van der Waals surface area (Å²) in [5.74, 6) is 1.15. The van der Waals surface area contributed by atoms with Crippen molar-refractivity contribution in [2.45, 2.75) is 213 Å². The molecule has 0 aromatic heterocycles. The molecule has 0 saturated carbocycles. The van der Waals surface area contributed by atoms with Gasteiger partial charge in [0.05, 0.1) is 0 Å². The van der Waals surface area contributed by atoms with E-state index in [1.165, 1.54) is 167 Å². The van der Waals surface area contributed by atoms with E-state index in [0.29, 0.717) is 11.7 Å². The van der Waals surface area contributed by atoms with E-state index in [1.807, 2.05) is 0 Å². The van der Waals surface area contributed by atoms with Gasteiger partial charge >= 0.3 is 0 Å². The molecule has 0 spiro atoms. The smallest absolute Gasteiger partial charge is 0.133 e. The van der Waals surface area contributed by atoms with Crippen molar-refractivity contribution in [3.05, 3.63) is 48.6 Å². The summed E-state index contributed by atoms with van der Waals surface area (Å²) in [6, 6.07) is 0. The zero-order valence-electron chi connectivity index (χ0n) is 33.2. The van der Waals surface area contributed by atoms with Gasteiger partial charge in [-0.15, -0.1) is 0 Å². The van der Waals surface area contributed by atoms with E-state index in [9.17, 15) is 4.79 Å². The van der Waals surface area contributed by atoms with Crippen molar-refractivity contribution < 1.29 is 4.79 Å². The van der Waals surface area contributed by atoms with E-state index in [2.05, 4.69) is 81.5 Å². The lowest BCUT2D eigenvalue weighted by molar-refractivity contribution is -0.120. The van der Waals surface area contributed by atoms with Crippen molar-refractivity contribution in [3.63, 3.8) is 0 Å². The van der Waals surface area contributed by atoms with Gasteiger partial charge in [-0.1, -0.05) is 172 Å².